The Hall–Kier alpha value is -2.08. The zero-order valence-electron chi connectivity index (χ0n) is 11.7. The van der Waals surface area contributed by atoms with E-state index in [1.165, 1.54) is 13.2 Å². The van der Waals surface area contributed by atoms with Gasteiger partial charge in [-0.05, 0) is 24.6 Å². The number of phenols is 1. The second-order valence-corrected chi connectivity index (χ2v) is 4.65. The Morgan fingerprint density at radius 3 is 2.95 bits per heavy atom. The molecule has 0 aliphatic heterocycles. The van der Waals surface area contributed by atoms with Crippen LogP contribution >= 0.6 is 0 Å². The fraction of sp³-hybridized carbons (Fsp3) is 0.429. The number of aromatic nitrogens is 2. The third-order valence-electron chi connectivity index (χ3n) is 3.00. The topological polar surface area (TPSA) is 94.4 Å². The number of ether oxygens (including phenoxy) is 1. The molecule has 0 saturated carbocycles. The van der Waals surface area contributed by atoms with Gasteiger partial charge in [0.2, 0.25) is 11.7 Å². The summed E-state index contributed by atoms with van der Waals surface area (Å²) in [7, 11) is 1.49. The van der Waals surface area contributed by atoms with Gasteiger partial charge in [0.05, 0.1) is 7.11 Å². The van der Waals surface area contributed by atoms with Gasteiger partial charge in [-0.25, -0.2) is 0 Å². The molecule has 1 aromatic carbocycles. The Morgan fingerprint density at radius 1 is 1.45 bits per heavy atom. The molecule has 6 nitrogen and oxygen atoms in total. The lowest BCUT2D eigenvalue weighted by molar-refractivity contribution is 0.365. The van der Waals surface area contributed by atoms with Crippen LogP contribution in [0.3, 0.4) is 0 Å². The number of hydrogen-bond acceptors (Lipinski definition) is 6. The summed E-state index contributed by atoms with van der Waals surface area (Å²) in [5.41, 5.74) is 6.67. The molecule has 0 spiro atoms. The summed E-state index contributed by atoms with van der Waals surface area (Å²) >= 11 is 0. The van der Waals surface area contributed by atoms with Crippen molar-refractivity contribution in [3.05, 3.63) is 24.1 Å². The van der Waals surface area contributed by atoms with Crippen LogP contribution in [0.4, 0.5) is 0 Å². The Kier molecular flexibility index (Phi) is 4.57. The van der Waals surface area contributed by atoms with E-state index in [2.05, 4.69) is 17.1 Å². The van der Waals surface area contributed by atoms with E-state index in [9.17, 15) is 5.11 Å². The van der Waals surface area contributed by atoms with Gasteiger partial charge >= 0.3 is 0 Å². The van der Waals surface area contributed by atoms with E-state index in [1.807, 2.05) is 0 Å². The molecule has 2 rings (SSSR count). The maximum atomic E-state index is 9.56. The van der Waals surface area contributed by atoms with Crippen LogP contribution in [0.1, 0.15) is 25.7 Å². The summed E-state index contributed by atoms with van der Waals surface area (Å²) in [5.74, 6) is 1.43. The highest BCUT2D eigenvalue weighted by atomic mass is 16.5. The average Bonchev–Trinajstić information content (AvgIpc) is 2.88. The minimum absolute atomic E-state index is 0.0302. The lowest BCUT2D eigenvalue weighted by atomic mass is 10.1. The van der Waals surface area contributed by atoms with Gasteiger partial charge in [-0.3, -0.25) is 0 Å². The Bertz CT molecular complexity index is 569. The summed E-state index contributed by atoms with van der Waals surface area (Å²) in [6.07, 6.45) is 2.51. The minimum atomic E-state index is 0.0302. The normalized spacial score (nSPS) is 12.3. The molecule has 3 N–H and O–H groups in total. The average molecular weight is 277 g/mol. The first-order valence-electron chi connectivity index (χ1n) is 6.59. The van der Waals surface area contributed by atoms with Crippen molar-refractivity contribution >= 4 is 0 Å². The molecule has 0 saturated heterocycles. The lowest BCUT2D eigenvalue weighted by Crippen LogP contribution is -2.22. The highest BCUT2D eigenvalue weighted by Crippen LogP contribution is 2.30. The molecular weight excluding hydrogens is 258 g/mol. The second-order valence-electron chi connectivity index (χ2n) is 4.65. The van der Waals surface area contributed by atoms with Gasteiger partial charge in [0, 0.05) is 18.0 Å². The molecule has 0 aliphatic carbocycles. The predicted molar refractivity (Wildman–Crippen MR) is 74.5 cm³/mol. The summed E-state index contributed by atoms with van der Waals surface area (Å²) in [6, 6.07) is 4.93. The molecular formula is C14H19N3O3. The van der Waals surface area contributed by atoms with Crippen molar-refractivity contribution in [1.29, 1.82) is 0 Å². The number of benzene rings is 1. The number of hydrogen-bond donors (Lipinski definition) is 2. The molecule has 0 aliphatic rings. The van der Waals surface area contributed by atoms with Crippen molar-refractivity contribution in [2.75, 3.05) is 7.11 Å². The van der Waals surface area contributed by atoms with Crippen molar-refractivity contribution in [3.63, 3.8) is 0 Å². The minimum Gasteiger partial charge on any atom is -0.504 e. The molecule has 1 unspecified atom stereocenters. The van der Waals surface area contributed by atoms with Crippen molar-refractivity contribution < 1.29 is 14.4 Å². The number of aromatic hydroxyl groups is 1. The number of methoxy groups -OCH3 is 1. The number of rotatable bonds is 6. The summed E-state index contributed by atoms with van der Waals surface area (Å²) in [6.45, 7) is 2.09. The van der Waals surface area contributed by atoms with E-state index in [0.29, 0.717) is 23.9 Å². The maximum Gasteiger partial charge on any atom is 0.228 e. The molecule has 20 heavy (non-hydrogen) atoms. The van der Waals surface area contributed by atoms with Gasteiger partial charge in [0.25, 0.3) is 0 Å². The highest BCUT2D eigenvalue weighted by molar-refractivity contribution is 5.60. The summed E-state index contributed by atoms with van der Waals surface area (Å²) < 4.78 is 10.2. The SMILES string of the molecule is CCCC(N)Cc1nc(-c2ccc(O)c(OC)c2)no1. The fourth-order valence-corrected chi connectivity index (χ4v) is 1.97. The zero-order valence-corrected chi connectivity index (χ0v) is 11.7. The Morgan fingerprint density at radius 2 is 2.25 bits per heavy atom. The van der Waals surface area contributed by atoms with E-state index < -0.39 is 0 Å². The van der Waals surface area contributed by atoms with Crippen molar-refractivity contribution in [1.82, 2.24) is 10.1 Å². The van der Waals surface area contributed by atoms with Crippen molar-refractivity contribution in [2.24, 2.45) is 5.73 Å². The van der Waals surface area contributed by atoms with Crippen LogP contribution in [0.15, 0.2) is 22.7 Å². The third kappa shape index (κ3) is 3.27. The number of nitrogens with two attached hydrogens (primary N) is 1. The monoisotopic (exact) mass is 277 g/mol. The van der Waals surface area contributed by atoms with Gasteiger partial charge < -0.3 is 20.1 Å². The first-order valence-corrected chi connectivity index (χ1v) is 6.59. The summed E-state index contributed by atoms with van der Waals surface area (Å²) in [4.78, 5) is 4.31. The van der Waals surface area contributed by atoms with E-state index in [-0.39, 0.29) is 11.8 Å². The van der Waals surface area contributed by atoms with Crippen LogP contribution in [-0.2, 0) is 6.42 Å². The predicted octanol–water partition coefficient (Wildman–Crippen LogP) is 2.12. The molecule has 1 atom stereocenters. The van der Waals surface area contributed by atoms with Gasteiger partial charge in [0.1, 0.15) is 0 Å². The van der Waals surface area contributed by atoms with Crippen LogP contribution in [0.2, 0.25) is 0 Å². The van der Waals surface area contributed by atoms with Crippen LogP contribution in [-0.4, -0.2) is 28.4 Å². The molecule has 0 bridgehead atoms. The largest absolute Gasteiger partial charge is 0.504 e. The van der Waals surface area contributed by atoms with Gasteiger partial charge in [-0.1, -0.05) is 18.5 Å². The molecule has 0 amide bonds. The second kappa shape index (κ2) is 6.38. The summed E-state index contributed by atoms with van der Waals surface area (Å²) in [5, 5.41) is 13.5. The van der Waals surface area contributed by atoms with E-state index in [0.717, 1.165) is 18.4 Å². The first kappa shape index (κ1) is 14.3. The highest BCUT2D eigenvalue weighted by Gasteiger charge is 2.13. The molecule has 1 aromatic heterocycles. The van der Waals surface area contributed by atoms with Gasteiger partial charge in [0.15, 0.2) is 11.5 Å². The zero-order chi connectivity index (χ0) is 14.5. The van der Waals surface area contributed by atoms with E-state index >= 15 is 0 Å². The maximum absolute atomic E-state index is 9.56. The quantitative estimate of drug-likeness (QED) is 0.839. The van der Waals surface area contributed by atoms with Crippen molar-refractivity contribution in [3.8, 4) is 22.9 Å². The Labute approximate surface area is 117 Å². The first-order chi connectivity index (χ1) is 9.63. The smallest absolute Gasteiger partial charge is 0.228 e. The van der Waals surface area contributed by atoms with E-state index in [4.69, 9.17) is 15.0 Å². The van der Waals surface area contributed by atoms with Crippen LogP contribution in [0.25, 0.3) is 11.4 Å². The van der Waals surface area contributed by atoms with E-state index in [1.54, 1.807) is 12.1 Å². The van der Waals surface area contributed by atoms with Gasteiger partial charge in [-0.2, -0.15) is 4.98 Å². The van der Waals surface area contributed by atoms with Crippen molar-refractivity contribution in [2.45, 2.75) is 32.2 Å². The van der Waals surface area contributed by atoms with Crippen LogP contribution in [0, 0.1) is 0 Å². The van der Waals surface area contributed by atoms with Crippen LogP contribution < -0.4 is 10.5 Å². The van der Waals surface area contributed by atoms with Gasteiger partial charge in [-0.15, -0.1) is 0 Å². The standard InChI is InChI=1S/C14H19N3O3/c1-3-4-10(15)8-13-16-14(17-20-13)9-5-6-11(18)12(7-9)19-2/h5-7,10,18H,3-4,8,15H2,1-2H3. The molecule has 1 heterocycles. The molecule has 6 heteroatoms. The number of nitrogens with zero attached hydrogens (tertiary/aromatic N) is 2. The molecule has 0 radical (unpaired) electrons. The Balaban J connectivity index is 2.16. The molecule has 2 aromatic rings. The third-order valence-corrected chi connectivity index (χ3v) is 3.00. The fourth-order valence-electron chi connectivity index (χ4n) is 1.97. The van der Waals surface area contributed by atoms with Crippen LogP contribution in [0.5, 0.6) is 11.5 Å². The molecule has 0 fully saturated rings. The lowest BCUT2D eigenvalue weighted by Gasteiger charge is -2.05. The molecule has 108 valence electrons. The number of phenolic OH excluding ortho intramolecular Hbond substituents is 1.